The number of amides is 2. The number of hydrogen-bond donors (Lipinski definition) is 1. The van der Waals surface area contributed by atoms with E-state index >= 15 is 0 Å². The minimum Gasteiger partial charge on any atom is -0.296 e. The highest BCUT2D eigenvalue weighted by atomic mass is 35.5. The Hall–Kier alpha value is -4.41. The Labute approximate surface area is 232 Å². The number of rotatable bonds is 3. The monoisotopic (exact) mass is 555 g/mol. The number of nitro groups is 1. The van der Waals surface area contributed by atoms with Crippen molar-refractivity contribution in [1.82, 2.24) is 14.9 Å². The Morgan fingerprint density at radius 3 is 2.50 bits per heavy atom. The number of carbonyl (C=O) groups is 2. The average Bonchev–Trinajstić information content (AvgIpc) is 3.53. The normalized spacial score (nSPS) is 24.7. The number of aromatic nitrogens is 2. The second-order valence-corrected chi connectivity index (χ2v) is 11.1. The van der Waals surface area contributed by atoms with E-state index in [9.17, 15) is 24.5 Å². The molecule has 200 valence electrons. The van der Waals surface area contributed by atoms with Crippen molar-refractivity contribution in [2.75, 3.05) is 4.90 Å². The van der Waals surface area contributed by atoms with E-state index in [1.165, 1.54) is 16.7 Å². The maximum absolute atomic E-state index is 14.4. The second kappa shape index (κ2) is 8.30. The molecular formula is C29H22ClN5O5. The number of halogens is 1. The van der Waals surface area contributed by atoms with Crippen LogP contribution in [-0.4, -0.2) is 32.3 Å². The van der Waals surface area contributed by atoms with Crippen molar-refractivity contribution in [2.45, 2.75) is 25.4 Å². The molecule has 3 aliphatic heterocycles. The van der Waals surface area contributed by atoms with Crippen LogP contribution in [-0.2, 0) is 15.1 Å². The number of imide groups is 1. The molecular weight excluding hydrogens is 534 g/mol. The minimum atomic E-state index is -1.28. The summed E-state index contributed by atoms with van der Waals surface area (Å²) < 4.78 is 1.54. The molecule has 3 aromatic carbocycles. The van der Waals surface area contributed by atoms with Crippen molar-refractivity contribution in [1.29, 1.82) is 0 Å². The van der Waals surface area contributed by atoms with E-state index in [4.69, 9.17) is 16.6 Å². The molecule has 3 aliphatic rings. The molecule has 11 heteroatoms. The molecule has 1 aromatic heterocycles. The summed E-state index contributed by atoms with van der Waals surface area (Å²) >= 11 is 6.02. The van der Waals surface area contributed by atoms with Gasteiger partial charge in [-0.2, -0.15) is 0 Å². The van der Waals surface area contributed by atoms with Gasteiger partial charge in [0.15, 0.2) is 0 Å². The first-order chi connectivity index (χ1) is 19.2. The number of carbonyl (C=O) groups excluding carboxylic acids is 2. The molecule has 0 saturated carbocycles. The number of hydrogen-bond acceptors (Lipinski definition) is 7. The summed E-state index contributed by atoms with van der Waals surface area (Å²) in [5.74, 6) is -2.46. The third-order valence-electron chi connectivity index (χ3n) is 8.40. The lowest BCUT2D eigenvalue weighted by Gasteiger charge is -2.32. The van der Waals surface area contributed by atoms with Gasteiger partial charge in [0.1, 0.15) is 16.4 Å². The third-order valence-corrected chi connectivity index (χ3v) is 8.72. The number of fused-ring (bicyclic) bond motifs is 8. The fourth-order valence-corrected chi connectivity index (χ4v) is 6.95. The summed E-state index contributed by atoms with van der Waals surface area (Å²) in [6.07, 6.45) is 0. The van der Waals surface area contributed by atoms with Crippen LogP contribution in [0.25, 0.3) is 16.6 Å². The summed E-state index contributed by atoms with van der Waals surface area (Å²) in [5.41, 5.74) is -0.110. The van der Waals surface area contributed by atoms with E-state index in [1.54, 1.807) is 24.3 Å². The van der Waals surface area contributed by atoms with Crippen LogP contribution in [0.15, 0.2) is 71.5 Å². The Morgan fingerprint density at radius 1 is 1.02 bits per heavy atom. The Kier molecular flexibility index (Phi) is 5.11. The summed E-state index contributed by atoms with van der Waals surface area (Å²) in [7, 11) is 0. The van der Waals surface area contributed by atoms with Crippen LogP contribution in [0.2, 0.25) is 5.02 Å². The van der Waals surface area contributed by atoms with Gasteiger partial charge in [-0.3, -0.25) is 34.4 Å². The van der Waals surface area contributed by atoms with Crippen LogP contribution in [0.3, 0.4) is 0 Å². The maximum atomic E-state index is 14.4. The first-order valence-electron chi connectivity index (χ1n) is 12.9. The third kappa shape index (κ3) is 2.97. The lowest BCUT2D eigenvalue weighted by Crippen LogP contribution is -2.51. The van der Waals surface area contributed by atoms with Crippen LogP contribution in [0.1, 0.15) is 25.2 Å². The predicted molar refractivity (Wildman–Crippen MR) is 147 cm³/mol. The predicted octanol–water partition coefficient (Wildman–Crippen LogP) is 3.94. The van der Waals surface area contributed by atoms with Gasteiger partial charge >= 0.3 is 0 Å². The maximum Gasteiger partial charge on any atom is 0.289 e. The first kappa shape index (κ1) is 24.6. The van der Waals surface area contributed by atoms with Crippen LogP contribution in [0.4, 0.5) is 11.4 Å². The molecule has 4 aromatic rings. The van der Waals surface area contributed by atoms with Crippen molar-refractivity contribution in [3.8, 4) is 5.69 Å². The number of nitro benzene ring substituents is 1. The van der Waals surface area contributed by atoms with Crippen LogP contribution in [0, 0.1) is 27.9 Å². The van der Waals surface area contributed by atoms with E-state index in [2.05, 4.69) is 5.32 Å². The molecule has 4 heterocycles. The quantitative estimate of drug-likeness (QED) is 0.230. The number of benzene rings is 3. The fraction of sp³-hybridized carbons (Fsp3) is 0.241. The van der Waals surface area contributed by atoms with Gasteiger partial charge in [0.25, 0.3) is 11.2 Å². The highest BCUT2D eigenvalue weighted by molar-refractivity contribution is 6.33. The Bertz CT molecular complexity index is 1870. The van der Waals surface area contributed by atoms with Gasteiger partial charge in [0, 0.05) is 17.7 Å². The van der Waals surface area contributed by atoms with E-state index in [0.717, 1.165) is 11.0 Å². The van der Waals surface area contributed by atoms with Crippen LogP contribution in [0.5, 0.6) is 0 Å². The highest BCUT2D eigenvalue weighted by Crippen LogP contribution is 2.56. The molecule has 2 saturated heterocycles. The minimum absolute atomic E-state index is 0.0727. The van der Waals surface area contributed by atoms with Crippen LogP contribution < -0.4 is 15.8 Å². The highest BCUT2D eigenvalue weighted by Gasteiger charge is 2.70. The van der Waals surface area contributed by atoms with Crippen molar-refractivity contribution in [2.24, 2.45) is 17.8 Å². The summed E-state index contributed by atoms with van der Waals surface area (Å²) in [6, 6.07) is 17.8. The van der Waals surface area contributed by atoms with Gasteiger partial charge in [0.2, 0.25) is 11.8 Å². The smallest absolute Gasteiger partial charge is 0.289 e. The van der Waals surface area contributed by atoms with Crippen molar-refractivity contribution < 1.29 is 14.5 Å². The Morgan fingerprint density at radius 2 is 1.75 bits per heavy atom. The number of anilines is 1. The van der Waals surface area contributed by atoms with E-state index in [1.807, 2.05) is 38.1 Å². The molecule has 0 unspecified atom stereocenters. The van der Waals surface area contributed by atoms with Gasteiger partial charge in [-0.05, 0) is 36.2 Å². The molecule has 40 heavy (non-hydrogen) atoms. The average molecular weight is 556 g/mol. The molecule has 7 rings (SSSR count). The van der Waals surface area contributed by atoms with E-state index in [-0.39, 0.29) is 22.2 Å². The standard InChI is InChI=1S/C29H22ClN5O5/c1-14(2)24-22-23(27(38)33(26(22)37)15-11-12-18(30)21(13-15)35(39)40)29(32-24)17-8-4-6-10-20(17)34-25(36)16-7-3-5-9-19(16)31-28(29)34/h3-14,22-24,32H,1-2H3/t22-,23-,24+,29+/m1/s1. The molecule has 10 nitrogen and oxygen atoms in total. The summed E-state index contributed by atoms with van der Waals surface area (Å²) in [4.78, 5) is 59.3. The molecule has 0 radical (unpaired) electrons. The zero-order valence-corrected chi connectivity index (χ0v) is 22.1. The van der Waals surface area contributed by atoms with Gasteiger partial charge in [-0.25, -0.2) is 9.88 Å². The summed E-state index contributed by atoms with van der Waals surface area (Å²) in [5, 5.41) is 15.6. The van der Waals surface area contributed by atoms with E-state index in [0.29, 0.717) is 28.0 Å². The largest absolute Gasteiger partial charge is 0.296 e. The Balaban J connectivity index is 1.51. The van der Waals surface area contributed by atoms with Gasteiger partial charge in [-0.15, -0.1) is 0 Å². The topological polar surface area (TPSA) is 127 Å². The van der Waals surface area contributed by atoms with Crippen molar-refractivity contribution in [3.05, 3.63) is 104 Å². The molecule has 2 amide bonds. The lowest BCUT2D eigenvalue weighted by molar-refractivity contribution is -0.384. The molecule has 2 fully saturated rings. The van der Waals surface area contributed by atoms with Gasteiger partial charge < -0.3 is 0 Å². The first-order valence-corrected chi connectivity index (χ1v) is 13.3. The summed E-state index contributed by atoms with van der Waals surface area (Å²) in [6.45, 7) is 3.92. The number of para-hydroxylation sites is 2. The second-order valence-electron chi connectivity index (χ2n) is 10.7. The number of nitrogens with zero attached hydrogens (tertiary/aromatic N) is 4. The van der Waals surface area contributed by atoms with Gasteiger partial charge in [-0.1, -0.05) is 55.8 Å². The SMILES string of the molecule is CC(C)[C@@H]1N[C@@]2(c3ccccc3-n3c2nc2ccccc2c3=O)[C@H]2C(=O)N(c3ccc(Cl)c([N+](=O)[O-])c3)C(=O)[C@@H]12. The molecule has 0 bridgehead atoms. The van der Waals surface area contributed by atoms with Gasteiger partial charge in [0.05, 0.1) is 39.0 Å². The lowest BCUT2D eigenvalue weighted by atomic mass is 9.75. The molecule has 0 aliphatic carbocycles. The molecule has 1 spiro atoms. The van der Waals surface area contributed by atoms with Crippen molar-refractivity contribution >= 4 is 45.7 Å². The zero-order chi connectivity index (χ0) is 28.1. The fourth-order valence-electron chi connectivity index (χ4n) is 6.76. The van der Waals surface area contributed by atoms with Crippen LogP contribution >= 0.6 is 11.6 Å². The zero-order valence-electron chi connectivity index (χ0n) is 21.4. The van der Waals surface area contributed by atoms with Crippen molar-refractivity contribution in [3.63, 3.8) is 0 Å². The number of nitrogens with one attached hydrogen (secondary N) is 1. The molecule has 1 N–H and O–H groups in total. The van der Waals surface area contributed by atoms with E-state index < -0.39 is 45.8 Å². The molecule has 4 atom stereocenters.